The minimum Gasteiger partial charge on any atom is -0.507 e. The van der Waals surface area contributed by atoms with Crippen LogP contribution in [-0.4, -0.2) is 17.4 Å². The lowest BCUT2D eigenvalue weighted by Gasteiger charge is -2.27. The molecule has 0 bridgehead atoms. The van der Waals surface area contributed by atoms with Crippen molar-refractivity contribution in [1.82, 2.24) is 5.43 Å². The average Bonchev–Trinajstić information content (AvgIpc) is 2.27. The van der Waals surface area contributed by atoms with Gasteiger partial charge in [-0.1, -0.05) is 41.5 Å². The van der Waals surface area contributed by atoms with E-state index in [1.807, 2.05) is 53.7 Å². The van der Waals surface area contributed by atoms with Gasteiger partial charge in [-0.2, -0.15) is 5.10 Å². The number of rotatable bonds is 2. The van der Waals surface area contributed by atoms with Gasteiger partial charge in [-0.05, 0) is 28.5 Å². The molecule has 116 valence electrons. The van der Waals surface area contributed by atoms with Crippen LogP contribution in [0.2, 0.25) is 0 Å². The number of hydrazone groups is 1. The van der Waals surface area contributed by atoms with E-state index in [1.165, 1.54) is 6.21 Å². The van der Waals surface area contributed by atoms with E-state index >= 15 is 0 Å². The van der Waals surface area contributed by atoms with Gasteiger partial charge in [0, 0.05) is 11.1 Å². The summed E-state index contributed by atoms with van der Waals surface area (Å²) in [6.07, 6.45) is 1.52. The maximum absolute atomic E-state index is 10.7. The second-order valence-corrected chi connectivity index (χ2v) is 7.20. The molecule has 0 saturated heterocycles. The Morgan fingerprint density at radius 2 is 1.57 bits per heavy atom. The number of amides is 2. The van der Waals surface area contributed by atoms with Gasteiger partial charge in [-0.15, -0.1) is 0 Å². The zero-order valence-electron chi connectivity index (χ0n) is 13.6. The van der Waals surface area contributed by atoms with E-state index in [4.69, 9.17) is 5.73 Å². The van der Waals surface area contributed by atoms with Crippen molar-refractivity contribution in [2.45, 2.75) is 52.4 Å². The largest absolute Gasteiger partial charge is 0.507 e. The zero-order chi connectivity index (χ0) is 16.4. The Labute approximate surface area is 126 Å². The van der Waals surface area contributed by atoms with Crippen LogP contribution in [-0.2, 0) is 10.8 Å². The van der Waals surface area contributed by atoms with Crippen molar-refractivity contribution in [1.29, 1.82) is 0 Å². The minimum absolute atomic E-state index is 0.203. The molecule has 1 aromatic rings. The van der Waals surface area contributed by atoms with E-state index in [9.17, 15) is 9.90 Å². The number of phenols is 1. The third-order valence-electron chi connectivity index (χ3n) is 3.14. The van der Waals surface area contributed by atoms with Crippen LogP contribution in [0.25, 0.3) is 0 Å². The molecule has 0 spiro atoms. The lowest BCUT2D eigenvalue weighted by molar-refractivity contribution is 0.249. The van der Waals surface area contributed by atoms with Crippen molar-refractivity contribution in [2.75, 3.05) is 0 Å². The van der Waals surface area contributed by atoms with E-state index in [1.54, 1.807) is 0 Å². The van der Waals surface area contributed by atoms with Crippen LogP contribution in [0.5, 0.6) is 5.75 Å². The first-order chi connectivity index (χ1) is 9.43. The highest BCUT2D eigenvalue weighted by atomic mass is 16.3. The summed E-state index contributed by atoms with van der Waals surface area (Å²) in [7, 11) is 0. The Kier molecular flexibility index (Phi) is 4.66. The van der Waals surface area contributed by atoms with Crippen LogP contribution in [0.4, 0.5) is 4.79 Å². The maximum Gasteiger partial charge on any atom is 0.332 e. The highest BCUT2D eigenvalue weighted by Crippen LogP contribution is 2.39. The number of aromatic hydroxyl groups is 1. The first-order valence-corrected chi connectivity index (χ1v) is 6.89. The quantitative estimate of drug-likeness (QED) is 0.577. The molecule has 0 fully saturated rings. The molecular formula is C16H25N3O2. The predicted molar refractivity (Wildman–Crippen MR) is 85.8 cm³/mol. The number of primary amides is 1. The number of urea groups is 1. The molecule has 0 aliphatic carbocycles. The zero-order valence-corrected chi connectivity index (χ0v) is 13.6. The summed E-state index contributed by atoms with van der Waals surface area (Å²) in [6, 6.07) is 3.03. The van der Waals surface area contributed by atoms with Crippen molar-refractivity contribution < 1.29 is 9.90 Å². The topological polar surface area (TPSA) is 87.7 Å². The number of carbonyl (C=O) groups excluding carboxylic acids is 1. The smallest absolute Gasteiger partial charge is 0.332 e. The molecule has 5 nitrogen and oxygen atoms in total. The summed E-state index contributed by atoms with van der Waals surface area (Å²) in [4.78, 5) is 10.7. The number of hydrogen-bond acceptors (Lipinski definition) is 3. The Hall–Kier alpha value is -2.04. The molecule has 4 N–H and O–H groups in total. The predicted octanol–water partition coefficient (Wildman–Crippen LogP) is 2.99. The van der Waals surface area contributed by atoms with Gasteiger partial charge in [-0.25, -0.2) is 10.2 Å². The fourth-order valence-corrected chi connectivity index (χ4v) is 2.05. The molecule has 0 aliphatic rings. The third-order valence-corrected chi connectivity index (χ3v) is 3.14. The average molecular weight is 291 g/mol. The van der Waals surface area contributed by atoms with Gasteiger partial charge in [0.1, 0.15) is 5.75 Å². The molecule has 1 rings (SSSR count). The summed E-state index contributed by atoms with van der Waals surface area (Å²) >= 11 is 0. The van der Waals surface area contributed by atoms with Crippen molar-refractivity contribution in [3.05, 3.63) is 28.8 Å². The Morgan fingerprint density at radius 1 is 1.14 bits per heavy atom. The second kappa shape index (κ2) is 5.76. The van der Waals surface area contributed by atoms with Crippen LogP contribution in [0, 0.1) is 0 Å². The van der Waals surface area contributed by atoms with Gasteiger partial charge < -0.3 is 10.8 Å². The van der Waals surface area contributed by atoms with E-state index in [0.29, 0.717) is 5.75 Å². The van der Waals surface area contributed by atoms with Crippen LogP contribution in [0.1, 0.15) is 58.2 Å². The number of benzene rings is 1. The van der Waals surface area contributed by atoms with E-state index in [-0.39, 0.29) is 10.8 Å². The summed E-state index contributed by atoms with van der Waals surface area (Å²) in [5, 5.41) is 14.3. The SMILES string of the molecule is CC(C)(C)c1cc(/C=N\NC(N)=O)cc(C(C)(C)C)c1O. The number of nitrogens with one attached hydrogen (secondary N) is 1. The van der Waals surface area contributed by atoms with Gasteiger partial charge in [0.2, 0.25) is 0 Å². The fourth-order valence-electron chi connectivity index (χ4n) is 2.05. The van der Waals surface area contributed by atoms with Crippen LogP contribution < -0.4 is 11.2 Å². The molecule has 0 saturated carbocycles. The second-order valence-electron chi connectivity index (χ2n) is 7.20. The van der Waals surface area contributed by atoms with Gasteiger partial charge in [0.25, 0.3) is 0 Å². The van der Waals surface area contributed by atoms with E-state index in [0.717, 1.165) is 16.7 Å². The first-order valence-electron chi connectivity index (χ1n) is 6.89. The molecule has 0 aromatic heterocycles. The fraction of sp³-hybridized carbons (Fsp3) is 0.500. The summed E-state index contributed by atoms with van der Waals surface area (Å²) in [6.45, 7) is 12.2. The van der Waals surface area contributed by atoms with Crippen LogP contribution in [0.15, 0.2) is 17.2 Å². The number of nitrogens with two attached hydrogens (primary N) is 1. The Morgan fingerprint density at radius 3 is 1.90 bits per heavy atom. The lowest BCUT2D eigenvalue weighted by atomic mass is 9.78. The first kappa shape index (κ1) is 17.0. The summed E-state index contributed by atoms with van der Waals surface area (Å²) in [5.74, 6) is 0.315. The standard InChI is InChI=1S/C16H25N3O2/c1-15(2,3)11-7-10(9-18-19-14(17)21)8-12(13(11)20)16(4,5)6/h7-9,20H,1-6H3,(H3,17,19,21)/b18-9-. The monoisotopic (exact) mass is 291 g/mol. The molecule has 5 heteroatoms. The molecule has 21 heavy (non-hydrogen) atoms. The molecule has 0 radical (unpaired) electrons. The molecule has 0 aliphatic heterocycles. The van der Waals surface area contributed by atoms with Gasteiger partial charge in [-0.3, -0.25) is 0 Å². The molecule has 0 unspecified atom stereocenters. The number of nitrogens with zero attached hydrogens (tertiary/aromatic N) is 1. The highest BCUT2D eigenvalue weighted by Gasteiger charge is 2.26. The molecule has 2 amide bonds. The van der Waals surface area contributed by atoms with E-state index < -0.39 is 6.03 Å². The van der Waals surface area contributed by atoms with Crippen LogP contribution >= 0.6 is 0 Å². The summed E-state index contributed by atoms with van der Waals surface area (Å²) in [5.41, 5.74) is 9.23. The van der Waals surface area contributed by atoms with Gasteiger partial charge >= 0.3 is 6.03 Å². The van der Waals surface area contributed by atoms with Crippen molar-refractivity contribution in [3.63, 3.8) is 0 Å². The Balaban J connectivity index is 3.41. The summed E-state index contributed by atoms with van der Waals surface area (Å²) < 4.78 is 0. The van der Waals surface area contributed by atoms with Crippen molar-refractivity contribution in [2.24, 2.45) is 10.8 Å². The molecule has 1 aromatic carbocycles. The van der Waals surface area contributed by atoms with Gasteiger partial charge in [0.15, 0.2) is 0 Å². The number of carbonyl (C=O) groups is 1. The van der Waals surface area contributed by atoms with Crippen LogP contribution in [0.3, 0.4) is 0 Å². The number of phenolic OH excluding ortho intramolecular Hbond substituents is 1. The third kappa shape index (κ3) is 4.48. The van der Waals surface area contributed by atoms with Gasteiger partial charge in [0.05, 0.1) is 6.21 Å². The maximum atomic E-state index is 10.7. The Bertz CT molecular complexity index is 529. The number of hydrogen-bond donors (Lipinski definition) is 3. The molecular weight excluding hydrogens is 266 g/mol. The highest BCUT2D eigenvalue weighted by molar-refractivity contribution is 5.83. The lowest BCUT2D eigenvalue weighted by Crippen LogP contribution is -2.24. The normalized spacial score (nSPS) is 12.7. The molecule has 0 heterocycles. The van der Waals surface area contributed by atoms with Crippen molar-refractivity contribution >= 4 is 12.2 Å². The minimum atomic E-state index is -0.711. The van der Waals surface area contributed by atoms with Crippen molar-refractivity contribution in [3.8, 4) is 5.75 Å². The molecule has 0 atom stereocenters. The van der Waals surface area contributed by atoms with E-state index in [2.05, 4.69) is 10.5 Å².